The molecule has 0 bridgehead atoms. The van der Waals surface area contributed by atoms with Gasteiger partial charge in [-0.15, -0.1) is 0 Å². The molecule has 0 rings (SSSR count). The normalized spacial score (nSPS) is 7.20. The van der Waals surface area contributed by atoms with Gasteiger partial charge < -0.3 is 34.8 Å². The van der Waals surface area contributed by atoms with Crippen molar-refractivity contribution in [3.8, 4) is 0 Å². The first-order valence-electron chi connectivity index (χ1n) is 0.567. The maximum absolute atomic E-state index is 4.72. The molecule has 0 radical (unpaired) electrons. The predicted octanol–water partition coefficient (Wildman–Crippen LogP) is -0.846. The summed E-state index contributed by atoms with van der Waals surface area (Å²) < 4.78 is -0.167. The van der Waals surface area contributed by atoms with Crippen LogP contribution in [0.5, 0.6) is 0 Å². The van der Waals surface area contributed by atoms with Crippen molar-refractivity contribution in [2.45, 2.75) is 0 Å². The van der Waals surface area contributed by atoms with Crippen LogP contribution in [0.2, 0.25) is 0 Å². The Morgan fingerprint density at radius 3 is 1.00 bits per heavy atom. The second-order valence-corrected chi connectivity index (χ2v) is 1.93. The largest absolute Gasteiger partial charge is 1.00 e. The molecule has 0 aromatic rings. The molecule has 0 saturated heterocycles. The van der Waals surface area contributed by atoms with Crippen molar-refractivity contribution in [3.05, 3.63) is 4.30 Å². The van der Waals surface area contributed by atoms with Gasteiger partial charge in [0.2, 0.25) is 0 Å². The fraction of sp³-hybridized carbons (Fsp3) is 0. The second kappa shape index (κ2) is 5.87. The van der Waals surface area contributed by atoms with E-state index in [1.807, 2.05) is 0 Å². The van der Waals surface area contributed by atoms with Crippen LogP contribution in [0.1, 0.15) is 0 Å². The summed E-state index contributed by atoms with van der Waals surface area (Å²) >= 11 is 14.2. The van der Waals surface area contributed by atoms with Crippen molar-refractivity contribution < 1.29 is 29.6 Å². The third-order valence-electron chi connectivity index (χ3n) is 0. The zero-order chi connectivity index (χ0) is 3.58. The van der Waals surface area contributed by atoms with Gasteiger partial charge in [-0.3, -0.25) is 0 Å². The summed E-state index contributed by atoms with van der Waals surface area (Å²) in [6.07, 6.45) is 0. The van der Waals surface area contributed by atoms with Crippen molar-refractivity contribution in [1.82, 2.24) is 0 Å². The first kappa shape index (κ1) is 9.98. The van der Waals surface area contributed by atoms with E-state index < -0.39 is 0 Å². The van der Waals surface area contributed by atoms with E-state index in [9.17, 15) is 0 Å². The minimum Gasteiger partial charge on any atom is -0.312 e. The van der Waals surface area contributed by atoms with Gasteiger partial charge >= 0.3 is 29.6 Å². The standard InChI is InChI=1S/CCl3.Na/c2-1(3)4;/q-1;+1. The molecule has 0 saturated carbocycles. The summed E-state index contributed by atoms with van der Waals surface area (Å²) in [7, 11) is 0. The van der Waals surface area contributed by atoms with Crippen molar-refractivity contribution in [2.75, 3.05) is 0 Å². The summed E-state index contributed by atoms with van der Waals surface area (Å²) in [5.74, 6) is 0. The van der Waals surface area contributed by atoms with E-state index in [0.29, 0.717) is 0 Å². The molecule has 26 valence electrons. The molecule has 0 nitrogen and oxygen atoms in total. The van der Waals surface area contributed by atoms with Gasteiger partial charge in [0.1, 0.15) is 0 Å². The average molecular weight is 141 g/mol. The quantitative estimate of drug-likeness (QED) is 0.305. The summed E-state index contributed by atoms with van der Waals surface area (Å²) in [5.41, 5.74) is 0. The summed E-state index contributed by atoms with van der Waals surface area (Å²) in [5, 5.41) is 0. The predicted molar refractivity (Wildman–Crippen MR) is 20.8 cm³/mol. The molecule has 0 aliphatic rings. The molecule has 0 spiro atoms. The first-order chi connectivity index (χ1) is 1.73. The maximum Gasteiger partial charge on any atom is 1.00 e. The van der Waals surface area contributed by atoms with Gasteiger partial charge in [-0.05, 0) is 0 Å². The van der Waals surface area contributed by atoms with E-state index in [-0.39, 0.29) is 33.9 Å². The molecule has 0 aromatic heterocycles. The second-order valence-electron chi connectivity index (χ2n) is 0.214. The summed E-state index contributed by atoms with van der Waals surface area (Å²) in [4.78, 5) is 0. The van der Waals surface area contributed by atoms with Crippen LogP contribution in [0.3, 0.4) is 0 Å². The number of hydrogen-bond acceptors (Lipinski definition) is 0. The van der Waals surface area contributed by atoms with Gasteiger partial charge in [0, 0.05) is 0 Å². The summed E-state index contributed by atoms with van der Waals surface area (Å²) in [6.45, 7) is 0. The molecular formula is CCl3Na. The van der Waals surface area contributed by atoms with Crippen LogP contribution >= 0.6 is 34.8 Å². The molecule has 0 atom stereocenters. The molecule has 0 aliphatic carbocycles. The van der Waals surface area contributed by atoms with Crippen molar-refractivity contribution in [3.63, 3.8) is 0 Å². The number of hydrogen-bond donors (Lipinski definition) is 0. The molecule has 0 aromatic carbocycles. The topological polar surface area (TPSA) is 0 Å². The Balaban J connectivity index is 0. The Kier molecular flexibility index (Phi) is 11.7. The fourth-order valence-electron chi connectivity index (χ4n) is 0. The summed E-state index contributed by atoms with van der Waals surface area (Å²) in [6, 6.07) is 0. The molecule has 0 N–H and O–H groups in total. The van der Waals surface area contributed by atoms with E-state index >= 15 is 0 Å². The van der Waals surface area contributed by atoms with E-state index in [0.717, 1.165) is 0 Å². The van der Waals surface area contributed by atoms with Crippen LogP contribution in [0.25, 0.3) is 0 Å². The van der Waals surface area contributed by atoms with Crippen LogP contribution in [0.15, 0.2) is 0 Å². The Morgan fingerprint density at radius 2 is 1.00 bits per heavy atom. The Hall–Kier alpha value is 1.87. The molecule has 0 fully saturated rings. The molecule has 4 heteroatoms. The van der Waals surface area contributed by atoms with Crippen LogP contribution in [-0.4, -0.2) is 0 Å². The molecular weight excluding hydrogens is 141 g/mol. The smallest absolute Gasteiger partial charge is 0.312 e. The first-order valence-corrected chi connectivity index (χ1v) is 1.70. The molecule has 0 aliphatic heterocycles. The Bertz CT molecular complexity index is 11.6. The van der Waals surface area contributed by atoms with Gasteiger partial charge in [0.05, 0.1) is 0 Å². The SMILES string of the molecule is Cl[C-](Cl)Cl.[Na+]. The maximum atomic E-state index is 4.72. The minimum absolute atomic E-state index is 0. The van der Waals surface area contributed by atoms with Crippen LogP contribution in [-0.2, 0) is 0 Å². The molecule has 0 heterocycles. The van der Waals surface area contributed by atoms with Crippen LogP contribution in [0.4, 0.5) is 0 Å². The van der Waals surface area contributed by atoms with Crippen LogP contribution in [0, 0.1) is 4.30 Å². The Morgan fingerprint density at radius 1 is 1.00 bits per heavy atom. The van der Waals surface area contributed by atoms with Gasteiger partial charge in [0.15, 0.2) is 0 Å². The fourth-order valence-corrected chi connectivity index (χ4v) is 0. The molecule has 0 amide bonds. The van der Waals surface area contributed by atoms with E-state index in [1.54, 1.807) is 0 Å². The molecule has 5 heavy (non-hydrogen) atoms. The van der Waals surface area contributed by atoms with Gasteiger partial charge in [-0.2, -0.15) is 0 Å². The Labute approximate surface area is 68.1 Å². The number of halogens is 3. The zero-order valence-corrected chi connectivity index (χ0v) is 6.90. The van der Waals surface area contributed by atoms with Crippen LogP contribution < -0.4 is 29.6 Å². The van der Waals surface area contributed by atoms with Crippen molar-refractivity contribution >= 4 is 34.8 Å². The molecule has 0 unspecified atom stereocenters. The average Bonchev–Trinajstić information content (AvgIpc) is 0.811. The van der Waals surface area contributed by atoms with Gasteiger partial charge in [-0.1, -0.05) is 4.30 Å². The monoisotopic (exact) mass is 140 g/mol. The number of rotatable bonds is 0. The van der Waals surface area contributed by atoms with E-state index in [1.165, 1.54) is 0 Å². The third kappa shape index (κ3) is 25.1. The third-order valence-corrected chi connectivity index (χ3v) is 0. The minimum atomic E-state index is -0.167. The zero-order valence-electron chi connectivity index (χ0n) is 2.63. The van der Waals surface area contributed by atoms with E-state index in [4.69, 9.17) is 34.8 Å². The van der Waals surface area contributed by atoms with Gasteiger partial charge in [0.25, 0.3) is 0 Å². The van der Waals surface area contributed by atoms with Gasteiger partial charge in [-0.25, -0.2) is 0 Å². The van der Waals surface area contributed by atoms with Crippen molar-refractivity contribution in [1.29, 1.82) is 0 Å². The van der Waals surface area contributed by atoms with Crippen molar-refractivity contribution in [2.24, 2.45) is 0 Å². The van der Waals surface area contributed by atoms with E-state index in [2.05, 4.69) is 0 Å².